The minimum Gasteiger partial charge on any atom is -0.460 e. The standard InChI is InChI=1S/C21H22Cl2O6/c1-5-26-19(24)21(20(25)27-6-2,28-17-9-7-15(22)11-13(17)3)29-18-10-8-16(23)12-14(18)4/h7-12H,5-6H2,1-4H3. The van der Waals surface area contributed by atoms with E-state index in [4.69, 9.17) is 42.1 Å². The van der Waals surface area contributed by atoms with E-state index in [0.717, 1.165) is 0 Å². The van der Waals surface area contributed by atoms with Crippen LogP contribution < -0.4 is 9.47 Å². The Labute approximate surface area is 179 Å². The second kappa shape index (κ2) is 9.85. The van der Waals surface area contributed by atoms with Crippen molar-refractivity contribution in [1.82, 2.24) is 0 Å². The Morgan fingerprint density at radius 3 is 1.48 bits per heavy atom. The van der Waals surface area contributed by atoms with Gasteiger partial charge in [-0.3, -0.25) is 0 Å². The largest absolute Gasteiger partial charge is 0.460 e. The van der Waals surface area contributed by atoms with Gasteiger partial charge in [-0.15, -0.1) is 0 Å². The van der Waals surface area contributed by atoms with Gasteiger partial charge >= 0.3 is 17.7 Å². The van der Waals surface area contributed by atoms with Gasteiger partial charge in [0, 0.05) is 10.0 Å². The molecule has 0 atom stereocenters. The van der Waals surface area contributed by atoms with Crippen molar-refractivity contribution in [2.75, 3.05) is 13.2 Å². The molecule has 0 unspecified atom stereocenters. The molecule has 156 valence electrons. The van der Waals surface area contributed by atoms with E-state index in [1.165, 1.54) is 12.1 Å². The highest BCUT2D eigenvalue weighted by atomic mass is 35.5. The molecule has 2 rings (SSSR count). The number of benzene rings is 2. The molecule has 2 aromatic rings. The lowest BCUT2D eigenvalue weighted by atomic mass is 10.2. The van der Waals surface area contributed by atoms with Crippen LogP contribution in [0.25, 0.3) is 0 Å². The van der Waals surface area contributed by atoms with Crippen LogP contribution in [0.4, 0.5) is 0 Å². The molecule has 6 nitrogen and oxygen atoms in total. The lowest BCUT2D eigenvalue weighted by Gasteiger charge is -2.31. The zero-order chi connectivity index (χ0) is 21.6. The predicted octanol–water partition coefficient (Wildman–Crippen LogP) is 4.89. The Balaban J connectivity index is 2.61. The van der Waals surface area contributed by atoms with Crippen LogP contribution in [0, 0.1) is 13.8 Å². The molecule has 8 heteroatoms. The molecule has 0 saturated heterocycles. The Bertz CT molecular complexity index is 823. The van der Waals surface area contributed by atoms with E-state index in [-0.39, 0.29) is 24.7 Å². The first kappa shape index (κ1) is 22.8. The summed E-state index contributed by atoms with van der Waals surface area (Å²) in [6, 6.07) is 9.46. The molecule has 0 fully saturated rings. The maximum atomic E-state index is 12.9. The van der Waals surface area contributed by atoms with Gasteiger partial charge in [0.15, 0.2) is 0 Å². The third-order valence-electron chi connectivity index (χ3n) is 3.87. The van der Waals surface area contributed by atoms with Gasteiger partial charge in [0.25, 0.3) is 0 Å². The minimum atomic E-state index is -2.51. The second-order valence-corrected chi connectivity index (χ2v) is 6.95. The normalized spacial score (nSPS) is 11.0. The maximum absolute atomic E-state index is 12.9. The number of halogens is 2. The van der Waals surface area contributed by atoms with Crippen molar-refractivity contribution in [3.05, 3.63) is 57.6 Å². The summed E-state index contributed by atoms with van der Waals surface area (Å²) in [6.45, 7) is 6.66. The first-order valence-electron chi connectivity index (χ1n) is 8.98. The molecule has 0 radical (unpaired) electrons. The van der Waals surface area contributed by atoms with Crippen molar-refractivity contribution in [1.29, 1.82) is 0 Å². The monoisotopic (exact) mass is 440 g/mol. The SMILES string of the molecule is CCOC(=O)C(Oc1ccc(Cl)cc1C)(Oc1ccc(Cl)cc1C)C(=O)OCC. The summed E-state index contributed by atoms with van der Waals surface area (Å²) >= 11 is 12.0. The van der Waals surface area contributed by atoms with Gasteiger partial charge in [-0.25, -0.2) is 9.59 Å². The van der Waals surface area contributed by atoms with Crippen molar-refractivity contribution in [2.24, 2.45) is 0 Å². The molecular formula is C21H22Cl2O6. The highest BCUT2D eigenvalue weighted by Gasteiger charge is 2.56. The molecule has 0 aliphatic carbocycles. The second-order valence-electron chi connectivity index (χ2n) is 6.08. The van der Waals surface area contributed by atoms with Gasteiger partial charge in [-0.1, -0.05) is 23.2 Å². The fourth-order valence-electron chi connectivity index (χ4n) is 2.49. The molecule has 0 spiro atoms. The smallest absolute Gasteiger partial charge is 0.453 e. The molecule has 0 aliphatic heterocycles. The Morgan fingerprint density at radius 2 is 1.17 bits per heavy atom. The predicted molar refractivity (Wildman–Crippen MR) is 110 cm³/mol. The van der Waals surface area contributed by atoms with E-state index in [9.17, 15) is 9.59 Å². The van der Waals surface area contributed by atoms with Crippen molar-refractivity contribution >= 4 is 35.1 Å². The molecule has 0 bridgehead atoms. The van der Waals surface area contributed by atoms with Crippen LogP contribution in [-0.4, -0.2) is 30.9 Å². The lowest BCUT2D eigenvalue weighted by Crippen LogP contribution is -2.58. The van der Waals surface area contributed by atoms with Crippen molar-refractivity contribution in [3.63, 3.8) is 0 Å². The van der Waals surface area contributed by atoms with Crippen LogP contribution in [0.2, 0.25) is 10.0 Å². The summed E-state index contributed by atoms with van der Waals surface area (Å²) in [5.74, 6) is -4.17. The zero-order valence-electron chi connectivity index (χ0n) is 16.6. The van der Waals surface area contributed by atoms with E-state index < -0.39 is 17.7 Å². The zero-order valence-corrected chi connectivity index (χ0v) is 18.1. The number of carbonyl (C=O) groups excluding carboxylic acids is 2. The summed E-state index contributed by atoms with van der Waals surface area (Å²) in [4.78, 5) is 25.8. The van der Waals surface area contributed by atoms with E-state index in [1.807, 2.05) is 0 Å². The molecule has 2 aromatic carbocycles. The Kier molecular flexibility index (Phi) is 7.76. The van der Waals surface area contributed by atoms with Crippen molar-refractivity contribution in [2.45, 2.75) is 33.5 Å². The maximum Gasteiger partial charge on any atom is 0.453 e. The summed E-state index contributed by atoms with van der Waals surface area (Å²) in [6.07, 6.45) is 0. The van der Waals surface area contributed by atoms with Crippen LogP contribution >= 0.6 is 23.2 Å². The Morgan fingerprint density at radius 1 is 0.793 bits per heavy atom. The number of carbonyl (C=O) groups is 2. The molecule has 0 saturated carbocycles. The van der Waals surface area contributed by atoms with Crippen LogP contribution in [0.15, 0.2) is 36.4 Å². The number of hydrogen-bond donors (Lipinski definition) is 0. The topological polar surface area (TPSA) is 71.1 Å². The molecule has 0 N–H and O–H groups in total. The fraction of sp³-hybridized carbons (Fsp3) is 0.333. The third-order valence-corrected chi connectivity index (χ3v) is 4.34. The van der Waals surface area contributed by atoms with E-state index in [1.54, 1.807) is 52.0 Å². The van der Waals surface area contributed by atoms with E-state index in [2.05, 4.69) is 0 Å². The summed E-state index contributed by atoms with van der Waals surface area (Å²) in [5.41, 5.74) is 1.18. The van der Waals surface area contributed by atoms with Crippen molar-refractivity contribution < 1.29 is 28.5 Å². The molecule has 0 amide bonds. The van der Waals surface area contributed by atoms with Crippen LogP contribution in [0.3, 0.4) is 0 Å². The highest BCUT2D eigenvalue weighted by molar-refractivity contribution is 6.31. The molecule has 0 aromatic heterocycles. The van der Waals surface area contributed by atoms with Crippen LogP contribution in [-0.2, 0) is 19.1 Å². The van der Waals surface area contributed by atoms with Crippen LogP contribution in [0.5, 0.6) is 11.5 Å². The number of ether oxygens (including phenoxy) is 4. The van der Waals surface area contributed by atoms with Crippen molar-refractivity contribution in [3.8, 4) is 11.5 Å². The average Bonchev–Trinajstić information content (AvgIpc) is 2.65. The first-order chi connectivity index (χ1) is 13.7. The van der Waals surface area contributed by atoms with Gasteiger partial charge in [0.1, 0.15) is 11.5 Å². The number of rotatable bonds is 8. The number of aryl methyl sites for hydroxylation is 2. The Hall–Kier alpha value is -2.44. The molecule has 0 aliphatic rings. The van der Waals surface area contributed by atoms with Gasteiger partial charge < -0.3 is 18.9 Å². The highest BCUT2D eigenvalue weighted by Crippen LogP contribution is 2.32. The molecule has 29 heavy (non-hydrogen) atoms. The summed E-state index contributed by atoms with van der Waals surface area (Å²) in [7, 11) is 0. The van der Waals surface area contributed by atoms with Gasteiger partial charge in [-0.2, -0.15) is 0 Å². The quantitative estimate of drug-likeness (QED) is 0.330. The fourth-order valence-corrected chi connectivity index (χ4v) is 2.94. The van der Waals surface area contributed by atoms with E-state index >= 15 is 0 Å². The molecule has 0 heterocycles. The molecular weight excluding hydrogens is 419 g/mol. The van der Waals surface area contributed by atoms with Gasteiger partial charge in [-0.05, 0) is 75.2 Å². The number of hydrogen-bond acceptors (Lipinski definition) is 6. The third kappa shape index (κ3) is 5.34. The van der Waals surface area contributed by atoms with Crippen LogP contribution in [0.1, 0.15) is 25.0 Å². The van der Waals surface area contributed by atoms with E-state index in [0.29, 0.717) is 21.2 Å². The summed E-state index contributed by atoms with van der Waals surface area (Å²) in [5, 5.41) is 0.948. The van der Waals surface area contributed by atoms with Gasteiger partial charge in [0.05, 0.1) is 13.2 Å². The van der Waals surface area contributed by atoms with Gasteiger partial charge in [0.2, 0.25) is 0 Å². The minimum absolute atomic E-state index is 0.00586. The lowest BCUT2D eigenvalue weighted by molar-refractivity contribution is -0.209. The average molecular weight is 441 g/mol. The number of esters is 2. The first-order valence-corrected chi connectivity index (χ1v) is 9.73. The summed E-state index contributed by atoms with van der Waals surface area (Å²) < 4.78 is 21.9.